The molecule has 18 heavy (non-hydrogen) atoms. The Morgan fingerprint density at radius 2 is 1.67 bits per heavy atom. The average Bonchev–Trinajstić information content (AvgIpc) is 2.36. The van der Waals surface area contributed by atoms with Crippen LogP contribution in [-0.2, 0) is 0 Å². The lowest BCUT2D eigenvalue weighted by molar-refractivity contribution is 0.128. The van der Waals surface area contributed by atoms with Crippen molar-refractivity contribution in [1.29, 1.82) is 0 Å². The largest absolute Gasteiger partial charge is 0.316 e. The van der Waals surface area contributed by atoms with Crippen molar-refractivity contribution >= 4 is 0 Å². The molecule has 0 aromatic heterocycles. The Balaban J connectivity index is 4.45. The maximum absolute atomic E-state index is 3.63. The minimum absolute atomic E-state index is 0.458. The SMILES string of the molecule is CCCNCC(CC)(CC)CN(CC)CC(C)C. The molecule has 0 spiro atoms. The zero-order valence-electron chi connectivity index (χ0n) is 13.7. The summed E-state index contributed by atoms with van der Waals surface area (Å²) in [6.45, 7) is 19.8. The summed E-state index contributed by atoms with van der Waals surface area (Å²) in [5.41, 5.74) is 0.458. The Bertz CT molecular complexity index is 186. The fourth-order valence-corrected chi connectivity index (χ4v) is 2.61. The summed E-state index contributed by atoms with van der Waals surface area (Å²) < 4.78 is 0. The summed E-state index contributed by atoms with van der Waals surface area (Å²) >= 11 is 0. The minimum atomic E-state index is 0.458. The van der Waals surface area contributed by atoms with Gasteiger partial charge in [0.2, 0.25) is 0 Å². The highest BCUT2D eigenvalue weighted by atomic mass is 15.1. The van der Waals surface area contributed by atoms with Crippen LogP contribution in [0, 0.1) is 11.3 Å². The van der Waals surface area contributed by atoms with Crippen molar-refractivity contribution in [2.75, 3.05) is 32.7 Å². The highest BCUT2D eigenvalue weighted by molar-refractivity contribution is 4.83. The Labute approximate surface area is 116 Å². The van der Waals surface area contributed by atoms with E-state index in [1.54, 1.807) is 0 Å². The third kappa shape index (κ3) is 6.75. The summed E-state index contributed by atoms with van der Waals surface area (Å²) in [6.07, 6.45) is 3.77. The van der Waals surface area contributed by atoms with Crippen LogP contribution in [0.15, 0.2) is 0 Å². The first-order valence-electron chi connectivity index (χ1n) is 7.96. The van der Waals surface area contributed by atoms with Crippen LogP contribution in [0.1, 0.15) is 60.8 Å². The molecule has 110 valence electrons. The second-order valence-corrected chi connectivity index (χ2v) is 6.11. The van der Waals surface area contributed by atoms with Gasteiger partial charge in [0.25, 0.3) is 0 Å². The van der Waals surface area contributed by atoms with Gasteiger partial charge in [-0.05, 0) is 43.7 Å². The molecule has 0 radical (unpaired) electrons. The summed E-state index contributed by atoms with van der Waals surface area (Å²) in [5.74, 6) is 0.764. The molecule has 0 saturated heterocycles. The van der Waals surface area contributed by atoms with Crippen LogP contribution in [0.25, 0.3) is 0 Å². The summed E-state index contributed by atoms with van der Waals surface area (Å²) in [6, 6.07) is 0. The van der Waals surface area contributed by atoms with E-state index in [9.17, 15) is 0 Å². The molecule has 0 aromatic rings. The average molecular weight is 256 g/mol. The quantitative estimate of drug-likeness (QED) is 0.566. The zero-order valence-corrected chi connectivity index (χ0v) is 13.7. The van der Waals surface area contributed by atoms with Gasteiger partial charge in [-0.25, -0.2) is 0 Å². The van der Waals surface area contributed by atoms with Gasteiger partial charge in [-0.15, -0.1) is 0 Å². The second-order valence-electron chi connectivity index (χ2n) is 6.11. The first kappa shape index (κ1) is 17.9. The molecule has 0 aliphatic carbocycles. The van der Waals surface area contributed by atoms with Gasteiger partial charge >= 0.3 is 0 Å². The van der Waals surface area contributed by atoms with E-state index in [2.05, 4.69) is 51.8 Å². The number of hydrogen-bond donors (Lipinski definition) is 1. The molecule has 2 heteroatoms. The summed E-state index contributed by atoms with van der Waals surface area (Å²) in [4.78, 5) is 2.63. The van der Waals surface area contributed by atoms with E-state index >= 15 is 0 Å². The zero-order chi connectivity index (χ0) is 14.0. The van der Waals surface area contributed by atoms with E-state index in [0.717, 1.165) is 12.5 Å². The van der Waals surface area contributed by atoms with Crippen molar-refractivity contribution in [1.82, 2.24) is 10.2 Å². The fourth-order valence-electron chi connectivity index (χ4n) is 2.61. The maximum atomic E-state index is 3.63. The molecule has 0 heterocycles. The lowest BCUT2D eigenvalue weighted by atomic mass is 9.81. The minimum Gasteiger partial charge on any atom is -0.316 e. The molecule has 0 aromatic carbocycles. The first-order chi connectivity index (χ1) is 8.53. The van der Waals surface area contributed by atoms with Crippen LogP contribution < -0.4 is 5.32 Å². The van der Waals surface area contributed by atoms with Crippen LogP contribution in [0.5, 0.6) is 0 Å². The highest BCUT2D eigenvalue weighted by Gasteiger charge is 2.28. The predicted octanol–water partition coefficient (Wildman–Crippen LogP) is 3.77. The van der Waals surface area contributed by atoms with Crippen molar-refractivity contribution in [2.45, 2.75) is 60.8 Å². The van der Waals surface area contributed by atoms with Gasteiger partial charge in [0, 0.05) is 19.6 Å². The predicted molar refractivity (Wildman–Crippen MR) is 83.1 cm³/mol. The highest BCUT2D eigenvalue weighted by Crippen LogP contribution is 2.27. The van der Waals surface area contributed by atoms with Crippen molar-refractivity contribution in [2.24, 2.45) is 11.3 Å². The molecular weight excluding hydrogens is 220 g/mol. The smallest absolute Gasteiger partial charge is 0.00499 e. The maximum Gasteiger partial charge on any atom is 0.00499 e. The molecule has 1 N–H and O–H groups in total. The van der Waals surface area contributed by atoms with Crippen molar-refractivity contribution < 1.29 is 0 Å². The normalized spacial score (nSPS) is 12.7. The van der Waals surface area contributed by atoms with Gasteiger partial charge in [-0.3, -0.25) is 0 Å². The number of nitrogens with zero attached hydrogens (tertiary/aromatic N) is 1. The van der Waals surface area contributed by atoms with Crippen LogP contribution in [0.2, 0.25) is 0 Å². The molecule has 0 aliphatic heterocycles. The van der Waals surface area contributed by atoms with E-state index in [1.807, 2.05) is 0 Å². The Morgan fingerprint density at radius 1 is 1.06 bits per heavy atom. The summed E-state index contributed by atoms with van der Waals surface area (Å²) in [7, 11) is 0. The first-order valence-corrected chi connectivity index (χ1v) is 7.96. The van der Waals surface area contributed by atoms with E-state index in [1.165, 1.54) is 45.4 Å². The van der Waals surface area contributed by atoms with Crippen LogP contribution in [0.4, 0.5) is 0 Å². The Morgan fingerprint density at radius 3 is 2.06 bits per heavy atom. The van der Waals surface area contributed by atoms with Gasteiger partial charge in [0.1, 0.15) is 0 Å². The second kappa shape index (κ2) is 9.80. The third-order valence-corrected chi connectivity index (χ3v) is 4.06. The molecule has 0 atom stereocenters. The van der Waals surface area contributed by atoms with Crippen molar-refractivity contribution in [3.8, 4) is 0 Å². The third-order valence-electron chi connectivity index (χ3n) is 4.06. The van der Waals surface area contributed by atoms with E-state index in [4.69, 9.17) is 0 Å². The molecule has 0 unspecified atom stereocenters. The van der Waals surface area contributed by atoms with Crippen LogP contribution >= 0.6 is 0 Å². The van der Waals surface area contributed by atoms with E-state index in [-0.39, 0.29) is 0 Å². The molecule has 0 amide bonds. The van der Waals surface area contributed by atoms with Gasteiger partial charge in [0.05, 0.1) is 0 Å². The van der Waals surface area contributed by atoms with E-state index in [0.29, 0.717) is 5.41 Å². The molecule has 0 fully saturated rings. The van der Waals surface area contributed by atoms with Crippen molar-refractivity contribution in [3.63, 3.8) is 0 Å². The van der Waals surface area contributed by atoms with Gasteiger partial charge < -0.3 is 10.2 Å². The topological polar surface area (TPSA) is 15.3 Å². The van der Waals surface area contributed by atoms with E-state index < -0.39 is 0 Å². The molecule has 0 saturated carbocycles. The van der Waals surface area contributed by atoms with Gasteiger partial charge in [0.15, 0.2) is 0 Å². The number of nitrogens with one attached hydrogen (secondary N) is 1. The number of hydrogen-bond acceptors (Lipinski definition) is 2. The lowest BCUT2D eigenvalue weighted by Gasteiger charge is -2.38. The Hall–Kier alpha value is -0.0800. The fraction of sp³-hybridized carbons (Fsp3) is 1.00. The van der Waals surface area contributed by atoms with Crippen LogP contribution in [0.3, 0.4) is 0 Å². The molecule has 2 nitrogen and oxygen atoms in total. The molecular formula is C16H36N2. The lowest BCUT2D eigenvalue weighted by Crippen LogP contribution is -2.44. The molecule has 0 aliphatic rings. The molecule has 0 rings (SSSR count). The van der Waals surface area contributed by atoms with Gasteiger partial charge in [-0.2, -0.15) is 0 Å². The molecule has 0 bridgehead atoms. The number of rotatable bonds is 11. The van der Waals surface area contributed by atoms with Crippen molar-refractivity contribution in [3.05, 3.63) is 0 Å². The summed E-state index contributed by atoms with van der Waals surface area (Å²) in [5, 5.41) is 3.63. The Kier molecular flexibility index (Phi) is 9.76. The van der Waals surface area contributed by atoms with Crippen LogP contribution in [-0.4, -0.2) is 37.6 Å². The van der Waals surface area contributed by atoms with Gasteiger partial charge in [-0.1, -0.05) is 41.5 Å². The standard InChI is InChI=1S/C16H36N2/c1-7-11-17-13-16(8-2,9-3)14-18(10-4)12-15(5)6/h15,17H,7-14H2,1-6H3. The monoisotopic (exact) mass is 256 g/mol.